The molecule has 6 nitrogen and oxygen atoms in total. The van der Waals surface area contributed by atoms with Gasteiger partial charge in [0.25, 0.3) is 0 Å². The van der Waals surface area contributed by atoms with E-state index < -0.39 is 0 Å². The Bertz CT molecular complexity index is 369. The predicted octanol–water partition coefficient (Wildman–Crippen LogP) is -0.469. The van der Waals surface area contributed by atoms with Crippen molar-refractivity contribution in [3.05, 3.63) is 23.0 Å². The first-order chi connectivity index (χ1) is 7.15. The van der Waals surface area contributed by atoms with Crippen LogP contribution in [-0.4, -0.2) is 29.9 Å². The molecule has 1 aliphatic heterocycles. The minimum absolute atomic E-state index is 0.0868. The van der Waals surface area contributed by atoms with Crippen molar-refractivity contribution in [1.82, 2.24) is 4.90 Å². The lowest BCUT2D eigenvalue weighted by Gasteiger charge is -2.09. The van der Waals surface area contributed by atoms with Crippen molar-refractivity contribution in [2.75, 3.05) is 6.54 Å². The molecular weight excluding hydrogens is 194 g/mol. The van der Waals surface area contributed by atoms with Gasteiger partial charge in [0.15, 0.2) is 0 Å². The number of rotatable bonds is 3. The van der Waals surface area contributed by atoms with E-state index >= 15 is 0 Å². The summed E-state index contributed by atoms with van der Waals surface area (Å²) < 4.78 is 0. The Balaban J connectivity index is 3.07. The van der Waals surface area contributed by atoms with E-state index in [4.69, 9.17) is 22.3 Å². The molecule has 0 bridgehead atoms. The Morgan fingerprint density at radius 1 is 1.53 bits per heavy atom. The summed E-state index contributed by atoms with van der Waals surface area (Å²) in [6, 6.07) is 0. The van der Waals surface area contributed by atoms with Crippen LogP contribution in [0.2, 0.25) is 0 Å². The van der Waals surface area contributed by atoms with Gasteiger partial charge >= 0.3 is 0 Å². The molecule has 0 atom stereocenters. The van der Waals surface area contributed by atoms with Crippen molar-refractivity contribution >= 4 is 18.5 Å². The van der Waals surface area contributed by atoms with E-state index in [0.29, 0.717) is 36.2 Å². The van der Waals surface area contributed by atoms with Crippen molar-refractivity contribution in [2.45, 2.75) is 6.42 Å². The molecule has 0 saturated carbocycles. The number of nitrogens with zero attached hydrogens (tertiary/aromatic N) is 1. The normalized spacial score (nSPS) is 20.4. The largest absolute Gasteiger partial charge is 0.404 e. The predicted molar refractivity (Wildman–Crippen MR) is 57.4 cm³/mol. The number of carbonyl (C=O) groups excluding carboxylic acids is 1. The minimum atomic E-state index is 0.0868. The van der Waals surface area contributed by atoms with Crippen molar-refractivity contribution in [1.29, 1.82) is 10.8 Å². The fourth-order valence-electron chi connectivity index (χ4n) is 1.39. The Labute approximate surface area is 87.2 Å². The van der Waals surface area contributed by atoms with Crippen LogP contribution in [0.3, 0.4) is 0 Å². The molecule has 0 aromatic heterocycles. The highest BCUT2D eigenvalue weighted by Crippen LogP contribution is 2.20. The molecule has 6 N–H and O–H groups in total. The Kier molecular flexibility index (Phi) is 3.22. The van der Waals surface area contributed by atoms with Crippen LogP contribution in [0.1, 0.15) is 6.42 Å². The molecule has 0 radical (unpaired) electrons. The second kappa shape index (κ2) is 4.41. The molecular formula is C9H13N5O. The maximum Gasteiger partial charge on any atom is 0.215 e. The molecule has 1 rings (SSSR count). The monoisotopic (exact) mass is 207 g/mol. The van der Waals surface area contributed by atoms with Crippen molar-refractivity contribution < 1.29 is 4.79 Å². The first kappa shape index (κ1) is 11.0. The van der Waals surface area contributed by atoms with Gasteiger partial charge in [-0.25, -0.2) is 0 Å². The standard InChI is InChI=1S/C9H13N5O/c10-3-6(4-11)8(12)7-1-2-14(5-15)9(7)13/h3-5,10,13H,1-2,11-12H2/b6-4+,8-7-,10-3?,13-9?. The summed E-state index contributed by atoms with van der Waals surface area (Å²) in [7, 11) is 0. The van der Waals surface area contributed by atoms with Crippen LogP contribution in [0.4, 0.5) is 0 Å². The van der Waals surface area contributed by atoms with Gasteiger partial charge in [0, 0.05) is 35.8 Å². The average Bonchev–Trinajstić information content (AvgIpc) is 2.61. The van der Waals surface area contributed by atoms with Crippen LogP contribution >= 0.6 is 0 Å². The third-order valence-corrected chi connectivity index (χ3v) is 2.27. The molecule has 6 heteroatoms. The Morgan fingerprint density at radius 3 is 2.60 bits per heavy atom. The van der Waals surface area contributed by atoms with Crippen molar-refractivity contribution in [2.24, 2.45) is 11.5 Å². The van der Waals surface area contributed by atoms with Gasteiger partial charge in [-0.05, 0) is 6.42 Å². The second-order valence-corrected chi connectivity index (χ2v) is 3.06. The van der Waals surface area contributed by atoms with Crippen LogP contribution in [0.5, 0.6) is 0 Å². The molecule has 1 aliphatic rings. The number of hydrogen-bond donors (Lipinski definition) is 4. The number of nitrogens with two attached hydrogens (primary N) is 2. The SMILES string of the molecule is N=CC(=C\N)/C(N)=C1\CCN(C=O)C1=N. The molecule has 0 spiro atoms. The van der Waals surface area contributed by atoms with Crippen LogP contribution in [0.15, 0.2) is 23.0 Å². The van der Waals surface area contributed by atoms with Gasteiger partial charge in [-0.15, -0.1) is 0 Å². The number of amidine groups is 1. The lowest BCUT2D eigenvalue weighted by Crippen LogP contribution is -2.23. The number of carbonyl (C=O) groups is 1. The van der Waals surface area contributed by atoms with Gasteiger partial charge in [-0.1, -0.05) is 0 Å². The van der Waals surface area contributed by atoms with Gasteiger partial charge < -0.3 is 16.9 Å². The van der Waals surface area contributed by atoms with Gasteiger partial charge in [0.05, 0.1) is 0 Å². The third kappa shape index (κ3) is 1.88. The molecule has 1 fully saturated rings. The van der Waals surface area contributed by atoms with Gasteiger partial charge in [-0.3, -0.25) is 15.1 Å². The molecule has 15 heavy (non-hydrogen) atoms. The van der Waals surface area contributed by atoms with E-state index in [2.05, 4.69) is 0 Å². The molecule has 0 aromatic rings. The van der Waals surface area contributed by atoms with E-state index in [1.807, 2.05) is 0 Å². The quantitative estimate of drug-likeness (QED) is 0.370. The third-order valence-electron chi connectivity index (χ3n) is 2.27. The maximum atomic E-state index is 10.5. The fourth-order valence-corrected chi connectivity index (χ4v) is 1.39. The van der Waals surface area contributed by atoms with Gasteiger partial charge in [0.1, 0.15) is 5.84 Å². The van der Waals surface area contributed by atoms with Crippen LogP contribution < -0.4 is 11.5 Å². The summed E-state index contributed by atoms with van der Waals surface area (Å²) in [5.74, 6) is 0.0868. The molecule has 0 unspecified atom stereocenters. The van der Waals surface area contributed by atoms with E-state index in [-0.39, 0.29) is 5.84 Å². The van der Waals surface area contributed by atoms with Crippen molar-refractivity contribution in [3.63, 3.8) is 0 Å². The van der Waals surface area contributed by atoms with E-state index in [1.165, 1.54) is 11.1 Å². The highest BCUT2D eigenvalue weighted by atomic mass is 16.1. The van der Waals surface area contributed by atoms with Crippen LogP contribution in [0, 0.1) is 10.8 Å². The minimum Gasteiger partial charge on any atom is -0.404 e. The summed E-state index contributed by atoms with van der Waals surface area (Å²) in [5.41, 5.74) is 12.2. The summed E-state index contributed by atoms with van der Waals surface area (Å²) in [5, 5.41) is 14.7. The maximum absolute atomic E-state index is 10.5. The lowest BCUT2D eigenvalue weighted by atomic mass is 10.1. The zero-order chi connectivity index (χ0) is 11.4. The first-order valence-corrected chi connectivity index (χ1v) is 4.38. The van der Waals surface area contributed by atoms with E-state index in [0.717, 1.165) is 6.21 Å². The molecule has 1 amide bonds. The Hall–Kier alpha value is -2.11. The number of nitrogens with one attached hydrogen (secondary N) is 2. The summed E-state index contributed by atoms with van der Waals surface area (Å²) in [6.45, 7) is 0.453. The molecule has 1 saturated heterocycles. The number of amides is 1. The van der Waals surface area contributed by atoms with Gasteiger partial charge in [0.2, 0.25) is 6.41 Å². The number of hydrogen-bond acceptors (Lipinski definition) is 5. The first-order valence-electron chi connectivity index (χ1n) is 4.38. The summed E-state index contributed by atoms with van der Waals surface area (Å²) in [6.07, 6.45) is 3.36. The second-order valence-electron chi connectivity index (χ2n) is 3.06. The highest BCUT2D eigenvalue weighted by Gasteiger charge is 2.24. The number of allylic oxidation sites excluding steroid dienone is 1. The molecule has 80 valence electrons. The van der Waals surface area contributed by atoms with Crippen LogP contribution in [-0.2, 0) is 4.79 Å². The fraction of sp³-hybridized carbons (Fsp3) is 0.222. The van der Waals surface area contributed by atoms with E-state index in [1.54, 1.807) is 0 Å². The lowest BCUT2D eigenvalue weighted by molar-refractivity contribution is -0.114. The van der Waals surface area contributed by atoms with E-state index in [9.17, 15) is 4.79 Å². The summed E-state index contributed by atoms with van der Waals surface area (Å²) >= 11 is 0. The van der Waals surface area contributed by atoms with Crippen molar-refractivity contribution in [3.8, 4) is 0 Å². The topological polar surface area (TPSA) is 120 Å². The highest BCUT2D eigenvalue weighted by molar-refractivity contribution is 6.05. The zero-order valence-corrected chi connectivity index (χ0v) is 8.16. The number of likely N-dealkylation sites (tertiary alicyclic amines) is 1. The van der Waals surface area contributed by atoms with Crippen LogP contribution in [0.25, 0.3) is 0 Å². The zero-order valence-electron chi connectivity index (χ0n) is 8.16. The molecule has 0 aromatic carbocycles. The molecule has 0 aliphatic carbocycles. The smallest absolute Gasteiger partial charge is 0.215 e. The van der Waals surface area contributed by atoms with Gasteiger partial charge in [-0.2, -0.15) is 0 Å². The Morgan fingerprint density at radius 2 is 2.20 bits per heavy atom. The average molecular weight is 207 g/mol. The molecule has 1 heterocycles. The summed E-state index contributed by atoms with van der Waals surface area (Å²) in [4.78, 5) is 11.8.